The third-order valence-electron chi connectivity index (χ3n) is 3.17. The fraction of sp³-hybridized carbons (Fsp3) is 0.438. The smallest absolute Gasteiger partial charge is 0.227 e. The monoisotopic (exact) mass is 367 g/mol. The SMILES string of the molecule is CC(C)Cc1nnc(NC(=O)CCS(=O)(=O)Cc2ccccc2)s1. The summed E-state index contributed by atoms with van der Waals surface area (Å²) in [6, 6.07) is 8.94. The molecule has 1 heterocycles. The van der Waals surface area contributed by atoms with Gasteiger partial charge in [-0.25, -0.2) is 8.42 Å². The summed E-state index contributed by atoms with van der Waals surface area (Å²) in [6.45, 7) is 4.16. The maximum atomic E-state index is 12.1. The molecular weight excluding hydrogens is 346 g/mol. The van der Waals surface area contributed by atoms with E-state index in [1.54, 1.807) is 24.3 Å². The van der Waals surface area contributed by atoms with Crippen LogP contribution in [0.25, 0.3) is 0 Å². The Kier molecular flexibility index (Phi) is 6.44. The Hall–Kier alpha value is -1.80. The van der Waals surface area contributed by atoms with E-state index in [1.165, 1.54) is 11.3 Å². The van der Waals surface area contributed by atoms with Gasteiger partial charge in [-0.15, -0.1) is 10.2 Å². The number of aromatic nitrogens is 2. The van der Waals surface area contributed by atoms with Gasteiger partial charge in [0.1, 0.15) is 5.01 Å². The molecule has 2 rings (SSSR count). The van der Waals surface area contributed by atoms with Gasteiger partial charge < -0.3 is 5.32 Å². The molecule has 1 N–H and O–H groups in total. The van der Waals surface area contributed by atoms with Crippen LogP contribution in [0, 0.1) is 5.92 Å². The molecule has 0 bridgehead atoms. The highest BCUT2D eigenvalue weighted by Gasteiger charge is 2.16. The minimum Gasteiger partial charge on any atom is -0.301 e. The summed E-state index contributed by atoms with van der Waals surface area (Å²) < 4.78 is 24.2. The lowest BCUT2D eigenvalue weighted by atomic mass is 10.1. The molecule has 0 saturated carbocycles. The van der Waals surface area contributed by atoms with Gasteiger partial charge in [0, 0.05) is 12.8 Å². The molecule has 0 aliphatic rings. The lowest BCUT2D eigenvalue weighted by Crippen LogP contribution is -2.18. The number of benzene rings is 1. The molecule has 0 unspecified atom stereocenters. The Morgan fingerprint density at radius 3 is 2.58 bits per heavy atom. The molecule has 0 fully saturated rings. The summed E-state index contributed by atoms with van der Waals surface area (Å²) in [5, 5.41) is 11.8. The third kappa shape index (κ3) is 6.37. The van der Waals surface area contributed by atoms with E-state index in [4.69, 9.17) is 0 Å². The number of sulfone groups is 1. The zero-order valence-electron chi connectivity index (χ0n) is 13.7. The Labute approximate surface area is 146 Å². The summed E-state index contributed by atoms with van der Waals surface area (Å²) in [6.07, 6.45) is 0.716. The number of rotatable bonds is 8. The van der Waals surface area contributed by atoms with Gasteiger partial charge in [0.15, 0.2) is 9.84 Å². The highest BCUT2D eigenvalue weighted by molar-refractivity contribution is 7.90. The van der Waals surface area contributed by atoms with Gasteiger partial charge in [-0.05, 0) is 11.5 Å². The van der Waals surface area contributed by atoms with Crippen LogP contribution in [0.5, 0.6) is 0 Å². The summed E-state index contributed by atoms with van der Waals surface area (Å²) in [5.74, 6) is -0.146. The van der Waals surface area contributed by atoms with E-state index in [0.717, 1.165) is 17.0 Å². The van der Waals surface area contributed by atoms with Gasteiger partial charge in [0.05, 0.1) is 11.5 Å². The molecule has 0 aliphatic carbocycles. The van der Waals surface area contributed by atoms with Crippen LogP contribution in [0.2, 0.25) is 0 Å². The van der Waals surface area contributed by atoms with Gasteiger partial charge in [0.25, 0.3) is 0 Å². The molecule has 130 valence electrons. The van der Waals surface area contributed by atoms with Crippen molar-refractivity contribution in [2.24, 2.45) is 5.92 Å². The topological polar surface area (TPSA) is 89.0 Å². The summed E-state index contributed by atoms with van der Waals surface area (Å²) in [7, 11) is -3.33. The van der Waals surface area contributed by atoms with Gasteiger partial charge in [0.2, 0.25) is 11.0 Å². The van der Waals surface area contributed by atoms with E-state index in [2.05, 4.69) is 29.4 Å². The van der Waals surface area contributed by atoms with Crippen molar-refractivity contribution < 1.29 is 13.2 Å². The number of anilines is 1. The number of carbonyl (C=O) groups excluding carboxylic acids is 1. The van der Waals surface area contributed by atoms with E-state index < -0.39 is 9.84 Å². The molecule has 24 heavy (non-hydrogen) atoms. The first-order valence-electron chi connectivity index (χ1n) is 7.70. The maximum Gasteiger partial charge on any atom is 0.227 e. The second-order valence-corrected chi connectivity index (χ2v) is 9.22. The third-order valence-corrected chi connectivity index (χ3v) is 5.63. The van der Waals surface area contributed by atoms with Crippen molar-refractivity contribution in [2.45, 2.75) is 32.4 Å². The largest absolute Gasteiger partial charge is 0.301 e. The first-order chi connectivity index (χ1) is 11.3. The number of hydrogen-bond acceptors (Lipinski definition) is 6. The molecule has 0 saturated heterocycles. The van der Waals surface area contributed by atoms with Gasteiger partial charge in [-0.2, -0.15) is 0 Å². The van der Waals surface area contributed by atoms with Crippen LogP contribution < -0.4 is 5.32 Å². The molecule has 8 heteroatoms. The number of carbonyl (C=O) groups is 1. The van der Waals surface area contributed by atoms with Crippen molar-refractivity contribution in [3.05, 3.63) is 40.9 Å². The predicted molar refractivity (Wildman–Crippen MR) is 95.6 cm³/mol. The molecule has 0 spiro atoms. The molecule has 2 aromatic rings. The lowest BCUT2D eigenvalue weighted by molar-refractivity contribution is -0.115. The molecular formula is C16H21N3O3S2. The second-order valence-electron chi connectivity index (χ2n) is 5.97. The number of nitrogens with one attached hydrogen (secondary N) is 1. The van der Waals surface area contributed by atoms with Crippen molar-refractivity contribution in [1.29, 1.82) is 0 Å². The van der Waals surface area contributed by atoms with Crippen LogP contribution in [-0.4, -0.2) is 30.3 Å². The average Bonchev–Trinajstić information content (AvgIpc) is 2.92. The van der Waals surface area contributed by atoms with Crippen LogP contribution >= 0.6 is 11.3 Å². The van der Waals surface area contributed by atoms with Crippen molar-refractivity contribution in [2.75, 3.05) is 11.1 Å². The van der Waals surface area contributed by atoms with Crippen LogP contribution in [0.1, 0.15) is 30.8 Å². The average molecular weight is 367 g/mol. The maximum absolute atomic E-state index is 12.1. The van der Waals surface area contributed by atoms with E-state index in [1.807, 2.05) is 6.07 Å². The van der Waals surface area contributed by atoms with E-state index in [0.29, 0.717) is 11.0 Å². The zero-order chi connectivity index (χ0) is 17.6. The zero-order valence-corrected chi connectivity index (χ0v) is 15.4. The van der Waals surface area contributed by atoms with Crippen molar-refractivity contribution in [3.63, 3.8) is 0 Å². The Morgan fingerprint density at radius 2 is 1.92 bits per heavy atom. The van der Waals surface area contributed by atoms with Crippen molar-refractivity contribution >= 4 is 32.2 Å². The quantitative estimate of drug-likeness (QED) is 0.775. The highest BCUT2D eigenvalue weighted by atomic mass is 32.2. The molecule has 1 aromatic heterocycles. The fourth-order valence-corrected chi connectivity index (χ4v) is 4.38. The Bertz CT molecular complexity index is 771. The van der Waals surface area contributed by atoms with Crippen molar-refractivity contribution in [1.82, 2.24) is 10.2 Å². The van der Waals surface area contributed by atoms with Gasteiger partial charge in [-0.3, -0.25) is 4.79 Å². The first-order valence-corrected chi connectivity index (χ1v) is 10.3. The normalized spacial score (nSPS) is 11.6. The summed E-state index contributed by atoms with van der Waals surface area (Å²) >= 11 is 1.32. The van der Waals surface area contributed by atoms with Crippen LogP contribution in [0.4, 0.5) is 5.13 Å². The number of amides is 1. The first kappa shape index (κ1) is 18.5. The summed E-state index contributed by atoms with van der Waals surface area (Å²) in [4.78, 5) is 11.9. The van der Waals surface area contributed by atoms with E-state index in [9.17, 15) is 13.2 Å². The van der Waals surface area contributed by atoms with Gasteiger partial charge in [-0.1, -0.05) is 55.5 Å². The molecule has 0 aliphatic heterocycles. The van der Waals surface area contributed by atoms with Crippen molar-refractivity contribution in [3.8, 4) is 0 Å². The molecule has 6 nitrogen and oxygen atoms in total. The minimum atomic E-state index is -3.33. The Morgan fingerprint density at radius 1 is 1.21 bits per heavy atom. The number of hydrogen-bond donors (Lipinski definition) is 1. The highest BCUT2D eigenvalue weighted by Crippen LogP contribution is 2.18. The molecule has 1 amide bonds. The van der Waals surface area contributed by atoms with E-state index >= 15 is 0 Å². The predicted octanol–water partition coefficient (Wildman–Crippen LogP) is 2.68. The van der Waals surface area contributed by atoms with Crippen LogP contribution in [-0.2, 0) is 26.8 Å². The summed E-state index contributed by atoms with van der Waals surface area (Å²) in [5.41, 5.74) is 0.723. The van der Waals surface area contributed by atoms with Gasteiger partial charge >= 0.3 is 0 Å². The van der Waals surface area contributed by atoms with Crippen LogP contribution in [0.15, 0.2) is 30.3 Å². The van der Waals surface area contributed by atoms with E-state index in [-0.39, 0.29) is 23.8 Å². The molecule has 0 radical (unpaired) electrons. The fourth-order valence-electron chi connectivity index (χ4n) is 2.07. The standard InChI is InChI=1S/C16H21N3O3S2/c1-12(2)10-15-18-19-16(23-15)17-14(20)8-9-24(21,22)11-13-6-4-3-5-7-13/h3-7,12H,8-11H2,1-2H3,(H,17,19,20). The van der Waals surface area contributed by atoms with Crippen LogP contribution in [0.3, 0.4) is 0 Å². The second kappa shape index (κ2) is 8.34. The number of nitrogens with zero attached hydrogens (tertiary/aromatic N) is 2. The Balaban J connectivity index is 1.83. The molecule has 1 aromatic carbocycles. The molecule has 0 atom stereocenters. The minimum absolute atomic E-state index is 0.0571. The lowest BCUT2D eigenvalue weighted by Gasteiger charge is -2.04.